The van der Waals surface area contributed by atoms with Crippen molar-refractivity contribution in [3.8, 4) is 0 Å². The molecule has 1 N–H and O–H groups in total. The molecule has 1 atom stereocenters. The summed E-state index contributed by atoms with van der Waals surface area (Å²) in [5.41, 5.74) is 1.02. The van der Waals surface area contributed by atoms with E-state index in [1.807, 2.05) is 30.5 Å². The highest BCUT2D eigenvalue weighted by molar-refractivity contribution is 5.91. The van der Waals surface area contributed by atoms with Crippen LogP contribution in [0.25, 0.3) is 10.8 Å². The molecule has 0 aliphatic heterocycles. The molecule has 1 heterocycles. The summed E-state index contributed by atoms with van der Waals surface area (Å²) in [7, 11) is 0. The van der Waals surface area contributed by atoms with Crippen LogP contribution in [0, 0.1) is 11.7 Å². The quantitative estimate of drug-likeness (QED) is 0.623. The van der Waals surface area contributed by atoms with Gasteiger partial charge in [-0.05, 0) is 47.9 Å². The van der Waals surface area contributed by atoms with Crippen LogP contribution in [-0.4, -0.2) is 4.98 Å². The first-order valence-corrected chi connectivity index (χ1v) is 9.17. The third kappa shape index (κ3) is 3.51. The zero-order valence-corrected chi connectivity index (χ0v) is 14.3. The molecule has 25 heavy (non-hydrogen) atoms. The highest BCUT2D eigenvalue weighted by Crippen LogP contribution is 2.37. The van der Waals surface area contributed by atoms with Crippen molar-refractivity contribution >= 4 is 16.6 Å². The molecular weight excluding hydrogens is 311 g/mol. The molecule has 4 rings (SSSR count). The Hall–Kier alpha value is -2.42. The van der Waals surface area contributed by atoms with Crippen molar-refractivity contribution in [3.63, 3.8) is 0 Å². The third-order valence-electron chi connectivity index (χ3n) is 5.29. The van der Waals surface area contributed by atoms with E-state index in [-0.39, 0.29) is 11.9 Å². The fourth-order valence-electron chi connectivity index (χ4n) is 4.02. The second-order valence-corrected chi connectivity index (χ2v) is 6.96. The molecule has 3 heteroatoms. The number of anilines is 1. The molecule has 0 amide bonds. The number of nitrogens with zero attached hydrogens (tertiary/aromatic N) is 1. The Bertz CT molecular complexity index is 850. The van der Waals surface area contributed by atoms with Gasteiger partial charge in [-0.15, -0.1) is 0 Å². The number of pyridine rings is 1. The summed E-state index contributed by atoms with van der Waals surface area (Å²) in [5.74, 6) is 1.22. The molecule has 2 aromatic carbocycles. The average molecular weight is 334 g/mol. The Morgan fingerprint density at radius 2 is 1.80 bits per heavy atom. The molecule has 1 unspecified atom stereocenters. The normalized spacial score (nSPS) is 16.7. The summed E-state index contributed by atoms with van der Waals surface area (Å²) < 4.78 is 13.8. The number of aromatic nitrogens is 1. The van der Waals surface area contributed by atoms with Crippen molar-refractivity contribution in [1.82, 2.24) is 4.98 Å². The highest BCUT2D eigenvalue weighted by Gasteiger charge is 2.26. The van der Waals surface area contributed by atoms with Crippen LogP contribution >= 0.6 is 0 Å². The first kappa shape index (κ1) is 16.1. The van der Waals surface area contributed by atoms with E-state index in [0.29, 0.717) is 5.92 Å². The van der Waals surface area contributed by atoms with Gasteiger partial charge < -0.3 is 5.32 Å². The van der Waals surface area contributed by atoms with Crippen LogP contribution in [0.3, 0.4) is 0 Å². The lowest BCUT2D eigenvalue weighted by atomic mass is 9.81. The van der Waals surface area contributed by atoms with Crippen LogP contribution in [0.1, 0.15) is 43.7 Å². The van der Waals surface area contributed by atoms with Crippen LogP contribution in [0.4, 0.5) is 10.2 Å². The van der Waals surface area contributed by atoms with Gasteiger partial charge in [-0.25, -0.2) is 9.37 Å². The van der Waals surface area contributed by atoms with Gasteiger partial charge in [0.25, 0.3) is 0 Å². The molecule has 1 saturated carbocycles. The van der Waals surface area contributed by atoms with E-state index >= 15 is 0 Å². The second kappa shape index (κ2) is 7.22. The predicted octanol–water partition coefficient (Wildman–Crippen LogP) is 6.11. The van der Waals surface area contributed by atoms with Gasteiger partial charge in [-0.3, -0.25) is 0 Å². The Balaban J connectivity index is 1.72. The molecule has 2 nitrogen and oxygen atoms in total. The predicted molar refractivity (Wildman–Crippen MR) is 101 cm³/mol. The monoisotopic (exact) mass is 334 g/mol. The molecular formula is C22H23FN2. The zero-order chi connectivity index (χ0) is 17.1. The van der Waals surface area contributed by atoms with E-state index in [0.717, 1.165) is 16.8 Å². The number of rotatable bonds is 4. The number of benzene rings is 2. The molecule has 0 saturated heterocycles. The van der Waals surface area contributed by atoms with Gasteiger partial charge in [0.15, 0.2) is 0 Å². The van der Waals surface area contributed by atoms with Crippen molar-refractivity contribution in [2.45, 2.75) is 38.1 Å². The molecule has 1 aliphatic carbocycles. The first-order chi connectivity index (χ1) is 12.3. The van der Waals surface area contributed by atoms with E-state index in [4.69, 9.17) is 0 Å². The lowest BCUT2D eigenvalue weighted by molar-refractivity contribution is 0.320. The lowest BCUT2D eigenvalue weighted by Gasteiger charge is -2.32. The van der Waals surface area contributed by atoms with Gasteiger partial charge in [-0.1, -0.05) is 55.7 Å². The Morgan fingerprint density at radius 3 is 2.64 bits per heavy atom. The first-order valence-electron chi connectivity index (χ1n) is 9.17. The molecule has 0 bridgehead atoms. The molecule has 0 radical (unpaired) electrons. The van der Waals surface area contributed by atoms with E-state index in [1.54, 1.807) is 12.1 Å². The van der Waals surface area contributed by atoms with Crippen molar-refractivity contribution in [3.05, 3.63) is 72.2 Å². The number of fused-ring (bicyclic) bond motifs is 1. The topological polar surface area (TPSA) is 24.9 Å². The fraction of sp³-hybridized carbons (Fsp3) is 0.318. The van der Waals surface area contributed by atoms with E-state index < -0.39 is 0 Å². The Labute approximate surface area is 148 Å². The number of hydrogen-bond acceptors (Lipinski definition) is 2. The SMILES string of the molecule is Fc1cccc(C(Nc2nccc3ccccc23)C2CCCCC2)c1. The summed E-state index contributed by atoms with van der Waals surface area (Å²) >= 11 is 0. The van der Waals surface area contributed by atoms with Gasteiger partial charge in [0.1, 0.15) is 11.6 Å². The zero-order valence-electron chi connectivity index (χ0n) is 14.3. The molecule has 3 aromatic rings. The summed E-state index contributed by atoms with van der Waals surface area (Å²) in [5, 5.41) is 5.94. The maximum Gasteiger partial charge on any atom is 0.134 e. The summed E-state index contributed by atoms with van der Waals surface area (Å²) in [6.07, 6.45) is 8.01. The maximum absolute atomic E-state index is 13.8. The van der Waals surface area contributed by atoms with Gasteiger partial charge in [0, 0.05) is 11.6 Å². The third-order valence-corrected chi connectivity index (χ3v) is 5.29. The largest absolute Gasteiger partial charge is 0.362 e. The highest BCUT2D eigenvalue weighted by atomic mass is 19.1. The van der Waals surface area contributed by atoms with Gasteiger partial charge in [0.2, 0.25) is 0 Å². The van der Waals surface area contributed by atoms with Gasteiger partial charge >= 0.3 is 0 Å². The standard InChI is InChI=1S/C22H23FN2/c23-19-11-6-10-18(15-19)21(17-8-2-1-3-9-17)25-22-20-12-5-4-7-16(20)13-14-24-22/h4-7,10-15,17,21H,1-3,8-9H2,(H,24,25). The van der Waals surface area contributed by atoms with Gasteiger partial charge in [-0.2, -0.15) is 0 Å². The fourth-order valence-corrected chi connectivity index (χ4v) is 4.02. The lowest BCUT2D eigenvalue weighted by Crippen LogP contribution is -2.24. The molecule has 1 aromatic heterocycles. The minimum absolute atomic E-state index is 0.0920. The molecule has 128 valence electrons. The van der Waals surface area contributed by atoms with E-state index in [9.17, 15) is 4.39 Å². The molecule has 1 fully saturated rings. The van der Waals surface area contributed by atoms with Crippen molar-refractivity contribution < 1.29 is 4.39 Å². The van der Waals surface area contributed by atoms with Gasteiger partial charge in [0.05, 0.1) is 6.04 Å². The number of halogens is 1. The minimum Gasteiger partial charge on any atom is -0.362 e. The average Bonchev–Trinajstić information content (AvgIpc) is 2.67. The van der Waals surface area contributed by atoms with E-state index in [2.05, 4.69) is 22.4 Å². The van der Waals surface area contributed by atoms with Crippen LogP contribution in [0.2, 0.25) is 0 Å². The van der Waals surface area contributed by atoms with Crippen LogP contribution in [0.15, 0.2) is 60.8 Å². The summed E-state index contributed by atoms with van der Waals surface area (Å²) in [6.45, 7) is 0. The number of hydrogen-bond donors (Lipinski definition) is 1. The Kier molecular flexibility index (Phi) is 4.64. The van der Waals surface area contributed by atoms with Crippen LogP contribution < -0.4 is 5.32 Å². The summed E-state index contributed by atoms with van der Waals surface area (Å²) in [4.78, 5) is 4.58. The van der Waals surface area contributed by atoms with Crippen molar-refractivity contribution in [2.24, 2.45) is 5.92 Å². The van der Waals surface area contributed by atoms with Crippen molar-refractivity contribution in [2.75, 3.05) is 5.32 Å². The second-order valence-electron chi connectivity index (χ2n) is 6.96. The smallest absolute Gasteiger partial charge is 0.134 e. The molecule has 0 spiro atoms. The van der Waals surface area contributed by atoms with Crippen LogP contribution in [0.5, 0.6) is 0 Å². The van der Waals surface area contributed by atoms with Crippen molar-refractivity contribution in [1.29, 1.82) is 0 Å². The maximum atomic E-state index is 13.8. The van der Waals surface area contributed by atoms with Crippen LogP contribution in [-0.2, 0) is 0 Å². The Morgan fingerprint density at radius 1 is 0.960 bits per heavy atom. The summed E-state index contributed by atoms with van der Waals surface area (Å²) in [6, 6.07) is 17.4. The van der Waals surface area contributed by atoms with E-state index in [1.165, 1.54) is 43.6 Å². The molecule has 1 aliphatic rings. The minimum atomic E-state index is -0.175. The number of nitrogens with one attached hydrogen (secondary N) is 1.